The second kappa shape index (κ2) is 6.08. The molecule has 0 atom stereocenters. The van der Waals surface area contributed by atoms with Crippen LogP contribution in [-0.4, -0.2) is 10.6 Å². The van der Waals surface area contributed by atoms with E-state index in [9.17, 15) is 4.79 Å². The average molecular weight is 306 g/mol. The van der Waals surface area contributed by atoms with Crippen LogP contribution < -0.4 is 9.99 Å². The molecule has 0 bridgehead atoms. The molecule has 0 saturated carbocycles. The molecule has 0 spiro atoms. The number of carbonyl (C=O) groups is 1. The Morgan fingerprint density at radius 3 is 2.35 bits per heavy atom. The Bertz CT molecular complexity index is 827. The topological polar surface area (TPSA) is 37.9 Å². The first kappa shape index (κ1) is 15.0. The Morgan fingerprint density at radius 2 is 1.70 bits per heavy atom. The summed E-state index contributed by atoms with van der Waals surface area (Å²) < 4.78 is 3.70. The van der Waals surface area contributed by atoms with E-state index in [1.165, 1.54) is 16.7 Å². The Morgan fingerprint density at radius 1 is 1.04 bits per heavy atom. The molecule has 0 aliphatic rings. The van der Waals surface area contributed by atoms with Crippen LogP contribution in [0, 0.1) is 20.8 Å². The summed E-state index contributed by atoms with van der Waals surface area (Å²) in [4.78, 5) is 12.2. The standard InChI is InChI=1S/C19H19N3O/c1-14-11-15(2)18(16(3)12-14)21-9-10-22(13-21)20-19(23)17-7-5-4-6-8-17/h4-13H,1-3H3/p+1. The Balaban J connectivity index is 1.86. The van der Waals surface area contributed by atoms with Crippen LogP contribution in [0.4, 0.5) is 0 Å². The van der Waals surface area contributed by atoms with Crippen molar-refractivity contribution in [3.05, 3.63) is 83.4 Å². The fraction of sp³-hybridized carbons (Fsp3) is 0.158. The van der Waals surface area contributed by atoms with Gasteiger partial charge in [0.2, 0.25) is 0 Å². The Hall–Kier alpha value is -2.88. The lowest BCUT2D eigenvalue weighted by Gasteiger charge is -2.07. The molecule has 2 aromatic carbocycles. The third-order valence-corrected chi connectivity index (χ3v) is 3.80. The summed E-state index contributed by atoms with van der Waals surface area (Å²) >= 11 is 0. The second-order valence-corrected chi connectivity index (χ2v) is 5.78. The van der Waals surface area contributed by atoms with Crippen molar-refractivity contribution in [2.75, 3.05) is 5.43 Å². The van der Waals surface area contributed by atoms with Crippen molar-refractivity contribution >= 4 is 5.91 Å². The molecule has 1 aromatic heterocycles. The molecule has 0 saturated heterocycles. The first-order valence-corrected chi connectivity index (χ1v) is 7.58. The summed E-state index contributed by atoms with van der Waals surface area (Å²) in [5.41, 5.74) is 8.30. The molecule has 0 unspecified atom stereocenters. The van der Waals surface area contributed by atoms with Gasteiger partial charge in [0, 0.05) is 5.56 Å². The molecule has 1 amide bonds. The van der Waals surface area contributed by atoms with Crippen LogP contribution in [-0.2, 0) is 0 Å². The molecule has 0 fully saturated rings. The zero-order valence-electron chi connectivity index (χ0n) is 13.6. The van der Waals surface area contributed by atoms with Crippen LogP contribution in [0.5, 0.6) is 0 Å². The number of aryl methyl sites for hydroxylation is 3. The molecular formula is C19H20N3O+. The number of hydrogen-bond donors (Lipinski definition) is 1. The van der Waals surface area contributed by atoms with Gasteiger partial charge in [0.1, 0.15) is 11.9 Å². The minimum absolute atomic E-state index is 0.134. The highest BCUT2D eigenvalue weighted by Crippen LogP contribution is 2.15. The van der Waals surface area contributed by atoms with E-state index >= 15 is 0 Å². The molecule has 4 nitrogen and oxygen atoms in total. The van der Waals surface area contributed by atoms with E-state index in [1.807, 2.05) is 41.5 Å². The molecule has 1 N–H and O–H groups in total. The Kier molecular flexibility index (Phi) is 3.98. The maximum absolute atomic E-state index is 12.2. The van der Waals surface area contributed by atoms with Crippen LogP contribution in [0.25, 0.3) is 5.69 Å². The number of nitrogens with zero attached hydrogens (tertiary/aromatic N) is 2. The number of aromatic nitrogens is 2. The van der Waals surface area contributed by atoms with Gasteiger partial charge >= 0.3 is 0 Å². The molecular weight excluding hydrogens is 286 g/mol. The number of rotatable bonds is 3. The predicted molar refractivity (Wildman–Crippen MR) is 90.3 cm³/mol. The summed E-state index contributed by atoms with van der Waals surface area (Å²) in [6.45, 7) is 6.30. The van der Waals surface area contributed by atoms with E-state index in [1.54, 1.807) is 16.8 Å². The first-order valence-electron chi connectivity index (χ1n) is 7.58. The van der Waals surface area contributed by atoms with Crippen LogP contribution in [0.2, 0.25) is 0 Å². The summed E-state index contributed by atoms with van der Waals surface area (Å²) in [6, 6.07) is 13.5. The van der Waals surface area contributed by atoms with Crippen molar-refractivity contribution in [3.8, 4) is 5.69 Å². The van der Waals surface area contributed by atoms with Gasteiger partial charge in [-0.05, 0) is 44.0 Å². The average Bonchev–Trinajstić information content (AvgIpc) is 2.95. The lowest BCUT2D eigenvalue weighted by atomic mass is 10.1. The summed E-state index contributed by atoms with van der Waals surface area (Å²) in [5, 5.41) is 0. The molecule has 4 heteroatoms. The third-order valence-electron chi connectivity index (χ3n) is 3.80. The van der Waals surface area contributed by atoms with Gasteiger partial charge in [-0.1, -0.05) is 35.9 Å². The molecule has 0 radical (unpaired) electrons. The van der Waals surface area contributed by atoms with Gasteiger partial charge in [-0.15, -0.1) is 4.68 Å². The van der Waals surface area contributed by atoms with E-state index < -0.39 is 0 Å². The van der Waals surface area contributed by atoms with Crippen LogP contribution in [0.3, 0.4) is 0 Å². The van der Waals surface area contributed by atoms with Crippen LogP contribution in [0.1, 0.15) is 27.0 Å². The normalized spacial score (nSPS) is 10.6. The number of benzene rings is 2. The van der Waals surface area contributed by atoms with Gasteiger partial charge in [-0.2, -0.15) is 9.99 Å². The van der Waals surface area contributed by atoms with E-state index in [2.05, 4.69) is 38.3 Å². The fourth-order valence-electron chi connectivity index (χ4n) is 2.90. The second-order valence-electron chi connectivity index (χ2n) is 5.78. The van der Waals surface area contributed by atoms with Crippen LogP contribution >= 0.6 is 0 Å². The highest BCUT2D eigenvalue weighted by Gasteiger charge is 2.14. The number of hydrogen-bond acceptors (Lipinski definition) is 1. The van der Waals surface area contributed by atoms with Crippen molar-refractivity contribution in [1.29, 1.82) is 0 Å². The van der Waals surface area contributed by atoms with Crippen molar-refractivity contribution in [3.63, 3.8) is 0 Å². The van der Waals surface area contributed by atoms with Crippen molar-refractivity contribution in [1.82, 2.24) is 4.68 Å². The predicted octanol–water partition coefficient (Wildman–Crippen LogP) is 3.07. The van der Waals surface area contributed by atoms with Crippen molar-refractivity contribution < 1.29 is 9.36 Å². The smallest absolute Gasteiger partial charge is 0.266 e. The molecule has 1 heterocycles. The Labute approximate surface area is 136 Å². The zero-order chi connectivity index (χ0) is 16.4. The summed E-state index contributed by atoms with van der Waals surface area (Å²) in [7, 11) is 0. The maximum Gasteiger partial charge on any atom is 0.286 e. The molecule has 3 rings (SSSR count). The van der Waals surface area contributed by atoms with E-state index in [0.717, 1.165) is 5.69 Å². The highest BCUT2D eigenvalue weighted by molar-refractivity contribution is 5.99. The van der Waals surface area contributed by atoms with E-state index in [4.69, 9.17) is 0 Å². The number of amides is 1. The van der Waals surface area contributed by atoms with Crippen molar-refractivity contribution in [2.45, 2.75) is 20.8 Å². The number of nitrogens with one attached hydrogen (secondary N) is 1. The minimum atomic E-state index is -0.134. The summed E-state index contributed by atoms with van der Waals surface area (Å²) in [6.07, 6.45) is 5.64. The molecule has 23 heavy (non-hydrogen) atoms. The largest absolute Gasteiger partial charge is 0.286 e. The molecule has 116 valence electrons. The lowest BCUT2D eigenvalue weighted by molar-refractivity contribution is -0.595. The van der Waals surface area contributed by atoms with E-state index in [0.29, 0.717) is 5.56 Å². The zero-order valence-corrected chi connectivity index (χ0v) is 13.6. The number of carbonyl (C=O) groups excluding carboxylic acids is 1. The maximum atomic E-state index is 12.2. The van der Waals surface area contributed by atoms with Crippen LogP contribution in [0.15, 0.2) is 61.2 Å². The van der Waals surface area contributed by atoms with Gasteiger partial charge in [0.05, 0.1) is 0 Å². The van der Waals surface area contributed by atoms with Gasteiger partial charge in [-0.25, -0.2) is 0 Å². The summed E-state index contributed by atoms with van der Waals surface area (Å²) in [5.74, 6) is -0.134. The monoisotopic (exact) mass is 306 g/mol. The molecule has 0 aliphatic heterocycles. The third kappa shape index (κ3) is 3.16. The minimum Gasteiger partial charge on any atom is -0.266 e. The SMILES string of the molecule is Cc1cc(C)c(-[n+]2ccn(NC(=O)c3ccccc3)c2)c(C)c1. The quantitative estimate of drug-likeness (QED) is 0.742. The van der Waals surface area contributed by atoms with Gasteiger partial charge in [-0.3, -0.25) is 4.79 Å². The first-order chi connectivity index (χ1) is 11.0. The van der Waals surface area contributed by atoms with Gasteiger partial charge < -0.3 is 0 Å². The fourth-order valence-corrected chi connectivity index (χ4v) is 2.90. The molecule has 0 aliphatic carbocycles. The van der Waals surface area contributed by atoms with Gasteiger partial charge in [0.15, 0.2) is 6.20 Å². The highest BCUT2D eigenvalue weighted by atomic mass is 16.2. The van der Waals surface area contributed by atoms with Crippen molar-refractivity contribution in [2.24, 2.45) is 0 Å². The van der Waals surface area contributed by atoms with E-state index in [-0.39, 0.29) is 5.91 Å². The molecule has 3 aromatic rings. The number of imidazole rings is 1. The van der Waals surface area contributed by atoms with Gasteiger partial charge in [0.25, 0.3) is 12.2 Å². The lowest BCUT2D eigenvalue weighted by Crippen LogP contribution is -2.31.